The molecule has 0 saturated carbocycles. The molecule has 7 nitrogen and oxygen atoms in total. The molecule has 0 amide bonds. The Morgan fingerprint density at radius 3 is 2.42 bits per heavy atom. The highest BCUT2D eigenvalue weighted by Crippen LogP contribution is 2.40. The number of esters is 1. The summed E-state index contributed by atoms with van der Waals surface area (Å²) in [5.74, 6) is -1.64. The normalized spacial score (nSPS) is 13.1. The van der Waals surface area contributed by atoms with Crippen LogP contribution in [0, 0.1) is 0 Å². The van der Waals surface area contributed by atoms with E-state index < -0.39 is 31.9 Å². The monoisotopic (exact) mass is 352 g/mol. The molecule has 0 aliphatic rings. The molecule has 24 heavy (non-hydrogen) atoms. The van der Waals surface area contributed by atoms with Crippen molar-refractivity contribution in [3.05, 3.63) is 29.7 Å². The highest BCUT2D eigenvalue weighted by molar-refractivity contribution is 6.74. The van der Waals surface area contributed by atoms with Crippen molar-refractivity contribution in [1.82, 2.24) is 0 Å². The van der Waals surface area contributed by atoms with Gasteiger partial charge in [0.25, 0.3) is 5.78 Å². The van der Waals surface area contributed by atoms with Crippen molar-refractivity contribution in [3.8, 4) is 0 Å². The van der Waals surface area contributed by atoms with Crippen molar-refractivity contribution in [2.75, 3.05) is 7.11 Å². The van der Waals surface area contributed by atoms with Gasteiger partial charge < -0.3 is 19.1 Å². The van der Waals surface area contributed by atoms with Crippen molar-refractivity contribution in [3.63, 3.8) is 0 Å². The van der Waals surface area contributed by atoms with E-state index in [-0.39, 0.29) is 11.5 Å². The number of ketones is 1. The molecule has 0 spiro atoms. The third-order valence-corrected chi connectivity index (χ3v) is 8.76. The first-order valence-electron chi connectivity index (χ1n) is 7.57. The van der Waals surface area contributed by atoms with Gasteiger partial charge in [-0.3, -0.25) is 4.79 Å². The fraction of sp³-hybridized carbons (Fsp3) is 0.562. The second-order valence-electron chi connectivity index (χ2n) is 6.99. The first-order valence-corrected chi connectivity index (χ1v) is 10.5. The van der Waals surface area contributed by atoms with E-state index in [1.54, 1.807) is 6.07 Å². The molecule has 0 aliphatic heterocycles. The summed E-state index contributed by atoms with van der Waals surface area (Å²) in [6, 6.07) is 1.71. The number of methoxy groups -OCH3 is 1. The van der Waals surface area contributed by atoms with Crippen LogP contribution in [-0.4, -0.2) is 37.7 Å². The maximum Gasteiger partial charge on any atom is 0.441 e. The van der Waals surface area contributed by atoms with Gasteiger partial charge in [-0.25, -0.2) is 4.79 Å². The first-order chi connectivity index (χ1) is 11.0. The highest BCUT2D eigenvalue weighted by atomic mass is 28.4. The molecule has 1 rings (SSSR count). The number of Topliss-reactive ketones (excluding diaryl/α,β-unsaturated/α-hetero) is 1. The average Bonchev–Trinajstić information content (AvgIpc) is 2.99. The summed E-state index contributed by atoms with van der Waals surface area (Å²) in [5.41, 5.74) is 8.96. The summed E-state index contributed by atoms with van der Waals surface area (Å²) in [4.78, 5) is 26.6. The van der Waals surface area contributed by atoms with Crippen LogP contribution in [0.3, 0.4) is 0 Å². The van der Waals surface area contributed by atoms with Crippen LogP contribution in [0.15, 0.2) is 23.0 Å². The zero-order valence-electron chi connectivity index (χ0n) is 15.0. The molecule has 0 bridgehead atoms. The van der Waals surface area contributed by atoms with Crippen LogP contribution in [0.2, 0.25) is 18.1 Å². The fourth-order valence-corrected chi connectivity index (χ4v) is 3.07. The number of rotatable bonds is 7. The van der Waals surface area contributed by atoms with Crippen molar-refractivity contribution < 1.29 is 28.0 Å². The van der Waals surface area contributed by atoms with Crippen LogP contribution < -0.4 is 0 Å². The van der Waals surface area contributed by atoms with Crippen LogP contribution in [0.4, 0.5) is 0 Å². The van der Waals surface area contributed by atoms with Crippen molar-refractivity contribution in [2.45, 2.75) is 51.4 Å². The van der Waals surface area contributed by atoms with Gasteiger partial charge in [-0.05, 0) is 24.2 Å². The minimum Gasteiger partial charge on any atom is -0.472 e. The Balaban J connectivity index is 3.07. The molecule has 0 radical (unpaired) electrons. The van der Waals surface area contributed by atoms with E-state index in [9.17, 15) is 9.59 Å². The summed E-state index contributed by atoms with van der Waals surface area (Å²) >= 11 is 0. The summed E-state index contributed by atoms with van der Waals surface area (Å²) < 4.78 is 15.8. The van der Waals surface area contributed by atoms with Gasteiger partial charge in [0.1, 0.15) is 0 Å². The summed E-state index contributed by atoms with van der Waals surface area (Å²) in [6.45, 7) is 10.4. The number of hydrogen-bond acceptors (Lipinski definition) is 5. The number of ether oxygens (including phenoxy) is 1. The second kappa shape index (κ2) is 7.70. The van der Waals surface area contributed by atoms with Crippen molar-refractivity contribution >= 4 is 25.8 Å². The third-order valence-electron chi connectivity index (χ3n) is 4.27. The van der Waals surface area contributed by atoms with E-state index in [0.29, 0.717) is 5.56 Å². The third kappa shape index (κ3) is 4.74. The van der Waals surface area contributed by atoms with E-state index in [4.69, 9.17) is 14.4 Å². The molecule has 0 N–H and O–H groups in total. The number of carbonyl (C=O) groups excluding carboxylic acids is 2. The molecule has 1 atom stereocenters. The summed E-state index contributed by atoms with van der Waals surface area (Å²) in [6.07, 6.45) is 2.24. The first kappa shape index (κ1) is 20.0. The summed E-state index contributed by atoms with van der Waals surface area (Å²) in [7, 11) is -1.07. The maximum atomic E-state index is 12.3. The predicted octanol–water partition coefficient (Wildman–Crippen LogP) is 3.15. The van der Waals surface area contributed by atoms with E-state index in [2.05, 4.69) is 43.4 Å². The number of nitrogens with zero attached hydrogens (tertiary/aromatic N) is 2. The van der Waals surface area contributed by atoms with Gasteiger partial charge in [0.2, 0.25) is 0 Å². The molecule has 1 heterocycles. The standard InChI is InChI=1S/C16H24N2O5Si/c1-16(2,3)24(5,6)23-13(11-7-8-22-10-11)9-12(19)14(18-17)15(20)21-4/h7-8,10,13H,9H2,1-6H3. The Hall–Kier alpha value is -2.02. The van der Waals surface area contributed by atoms with E-state index >= 15 is 0 Å². The SMILES string of the molecule is COC(=O)C(=[N+]=[N-])C(=O)CC(O[Si](C)(C)C(C)(C)C)c1ccoc1. The van der Waals surface area contributed by atoms with Gasteiger partial charge in [0.05, 0.1) is 25.7 Å². The van der Waals surface area contributed by atoms with E-state index in [1.165, 1.54) is 12.5 Å². The van der Waals surface area contributed by atoms with Gasteiger partial charge in [0, 0.05) is 12.0 Å². The van der Waals surface area contributed by atoms with Gasteiger partial charge in [-0.15, -0.1) is 0 Å². The molecular weight excluding hydrogens is 328 g/mol. The Labute approximate surface area is 142 Å². The van der Waals surface area contributed by atoms with Gasteiger partial charge >= 0.3 is 11.7 Å². The van der Waals surface area contributed by atoms with Crippen molar-refractivity contribution in [2.24, 2.45) is 0 Å². The lowest BCUT2D eigenvalue weighted by atomic mass is 10.0. The highest BCUT2D eigenvalue weighted by Gasteiger charge is 2.41. The molecule has 1 unspecified atom stereocenters. The van der Waals surface area contributed by atoms with Gasteiger partial charge in [-0.2, -0.15) is 4.79 Å². The van der Waals surface area contributed by atoms with Crippen molar-refractivity contribution in [1.29, 1.82) is 0 Å². The van der Waals surface area contributed by atoms with E-state index in [0.717, 1.165) is 7.11 Å². The molecule has 1 aromatic rings. The predicted molar refractivity (Wildman–Crippen MR) is 90.0 cm³/mol. The molecule has 8 heteroatoms. The van der Waals surface area contributed by atoms with Crippen LogP contribution in [0.5, 0.6) is 0 Å². The Morgan fingerprint density at radius 1 is 1.38 bits per heavy atom. The minimum absolute atomic E-state index is 0.0612. The Morgan fingerprint density at radius 2 is 2.00 bits per heavy atom. The van der Waals surface area contributed by atoms with Gasteiger partial charge in [0.15, 0.2) is 8.32 Å². The lowest BCUT2D eigenvalue weighted by Gasteiger charge is -2.38. The smallest absolute Gasteiger partial charge is 0.441 e. The maximum absolute atomic E-state index is 12.3. The van der Waals surface area contributed by atoms with Gasteiger partial charge in [-0.1, -0.05) is 20.8 Å². The quantitative estimate of drug-likeness (QED) is 0.187. The topological polar surface area (TPSA) is 102 Å². The molecule has 0 fully saturated rings. The summed E-state index contributed by atoms with van der Waals surface area (Å²) in [5, 5.41) is -0.0612. The molecule has 0 saturated heterocycles. The Bertz CT molecular complexity index is 640. The molecule has 0 aliphatic carbocycles. The molecule has 0 aromatic carbocycles. The van der Waals surface area contributed by atoms with E-state index in [1.807, 2.05) is 0 Å². The molecule has 1 aromatic heterocycles. The van der Waals surface area contributed by atoms with Crippen LogP contribution in [0.25, 0.3) is 5.53 Å². The lowest BCUT2D eigenvalue weighted by Crippen LogP contribution is -2.42. The van der Waals surface area contributed by atoms with Crippen LogP contribution >= 0.6 is 0 Å². The Kier molecular flexibility index (Phi) is 6.42. The lowest BCUT2D eigenvalue weighted by molar-refractivity contribution is -0.139. The number of carbonyl (C=O) groups is 2. The van der Waals surface area contributed by atoms with Crippen LogP contribution in [0.1, 0.15) is 38.9 Å². The van der Waals surface area contributed by atoms with Crippen LogP contribution in [-0.2, 0) is 18.8 Å². The number of furan rings is 1. The zero-order chi connectivity index (χ0) is 18.5. The largest absolute Gasteiger partial charge is 0.472 e. The minimum atomic E-state index is -2.18. The molecule has 132 valence electrons. The zero-order valence-corrected chi connectivity index (χ0v) is 16.0. The second-order valence-corrected chi connectivity index (χ2v) is 11.7. The molecular formula is C16H24N2O5Si. The fourth-order valence-electron chi connectivity index (χ4n) is 1.79. The number of hydrogen-bond donors (Lipinski definition) is 0. The average molecular weight is 352 g/mol.